The molecule has 4 rings (SSSR count). The third-order valence-electron chi connectivity index (χ3n) is 7.18. The first-order chi connectivity index (χ1) is 17.0. The molecular weight excluding hydrogens is 447 g/mol. The molecule has 5 atom stereocenters. The van der Waals surface area contributed by atoms with Crippen molar-refractivity contribution in [2.75, 3.05) is 13.2 Å². The van der Waals surface area contributed by atoms with E-state index in [1.807, 2.05) is 6.07 Å². The molecule has 2 aromatic rings. The molecule has 0 spiro atoms. The molecule has 2 bridgehead atoms. The third kappa shape index (κ3) is 6.19. The number of benzene rings is 2. The summed E-state index contributed by atoms with van der Waals surface area (Å²) in [6.07, 6.45) is 10.8. The highest BCUT2D eigenvalue weighted by molar-refractivity contribution is 5.66. The van der Waals surface area contributed by atoms with Crippen LogP contribution in [0.25, 0.3) is 0 Å². The Morgan fingerprint density at radius 1 is 1.17 bits per heavy atom. The number of allylic oxidation sites excluding steroid dienone is 2. The number of ether oxygens (including phenoxy) is 2. The predicted molar refractivity (Wildman–Crippen MR) is 132 cm³/mol. The van der Waals surface area contributed by atoms with Gasteiger partial charge in [-0.1, -0.05) is 54.6 Å². The zero-order chi connectivity index (χ0) is 24.7. The van der Waals surface area contributed by atoms with Crippen molar-refractivity contribution in [2.24, 2.45) is 11.8 Å². The number of unbranched alkanes of at least 4 members (excludes halogenated alkanes) is 1. The fourth-order valence-corrected chi connectivity index (χ4v) is 5.45. The number of hydrogen-bond donors (Lipinski definition) is 2. The van der Waals surface area contributed by atoms with Gasteiger partial charge in [0.2, 0.25) is 0 Å². The maximum Gasteiger partial charge on any atom is 0.303 e. The number of aliphatic carboxylic acids is 1. The van der Waals surface area contributed by atoms with Crippen molar-refractivity contribution in [3.8, 4) is 5.75 Å². The second-order valence-electron chi connectivity index (χ2n) is 9.47. The number of carboxylic acids is 1. The van der Waals surface area contributed by atoms with Crippen LogP contribution in [0.4, 0.5) is 4.39 Å². The smallest absolute Gasteiger partial charge is 0.303 e. The summed E-state index contributed by atoms with van der Waals surface area (Å²) in [4.78, 5) is 10.7. The monoisotopic (exact) mass is 480 g/mol. The molecule has 2 N–H and O–H groups in total. The van der Waals surface area contributed by atoms with Crippen LogP contribution in [0.1, 0.15) is 37.7 Å². The Balaban J connectivity index is 1.43. The molecule has 1 saturated heterocycles. The van der Waals surface area contributed by atoms with Gasteiger partial charge in [-0.05, 0) is 61.4 Å². The lowest BCUT2D eigenvalue weighted by atomic mass is 9.69. The first-order valence-electron chi connectivity index (χ1n) is 12.3. The Morgan fingerprint density at radius 3 is 2.69 bits per heavy atom. The minimum Gasteiger partial charge on any atom is -0.491 e. The fraction of sp³-hybridized carbons (Fsp3) is 0.414. The third-order valence-corrected chi connectivity index (χ3v) is 7.18. The van der Waals surface area contributed by atoms with Crippen molar-refractivity contribution in [3.63, 3.8) is 0 Å². The second-order valence-corrected chi connectivity index (χ2v) is 9.47. The van der Waals surface area contributed by atoms with E-state index in [2.05, 4.69) is 42.5 Å². The number of fused-ring (bicyclic) bond motifs is 2. The van der Waals surface area contributed by atoms with Gasteiger partial charge in [0.25, 0.3) is 0 Å². The zero-order valence-electron chi connectivity index (χ0n) is 19.8. The summed E-state index contributed by atoms with van der Waals surface area (Å²) in [6, 6.07) is 16.2. The lowest BCUT2D eigenvalue weighted by Crippen LogP contribution is -2.39. The van der Waals surface area contributed by atoms with Gasteiger partial charge in [0, 0.05) is 17.8 Å². The van der Waals surface area contributed by atoms with Crippen LogP contribution < -0.4 is 4.74 Å². The molecule has 6 heteroatoms. The minimum atomic E-state index is -0.793. The van der Waals surface area contributed by atoms with Crippen LogP contribution in [0, 0.1) is 17.7 Å². The molecule has 1 aliphatic carbocycles. The Labute approximate surface area is 205 Å². The van der Waals surface area contributed by atoms with Crippen LogP contribution in [0.5, 0.6) is 5.75 Å². The van der Waals surface area contributed by atoms with E-state index in [9.17, 15) is 14.3 Å². The molecule has 0 unspecified atom stereocenters. The maximum atomic E-state index is 13.1. The highest BCUT2D eigenvalue weighted by Crippen LogP contribution is 2.57. The molecule has 0 aromatic heterocycles. The van der Waals surface area contributed by atoms with Crippen molar-refractivity contribution >= 4 is 5.97 Å². The molecule has 2 aromatic carbocycles. The van der Waals surface area contributed by atoms with Crippen molar-refractivity contribution in [1.82, 2.24) is 0 Å². The minimum absolute atomic E-state index is 0.0814. The highest BCUT2D eigenvalue weighted by atomic mass is 19.1. The molecule has 35 heavy (non-hydrogen) atoms. The van der Waals surface area contributed by atoms with Crippen molar-refractivity contribution in [1.29, 1.82) is 0 Å². The SMILES string of the molecule is O=C(O)CCC/C=C\C[C@H]1[C@H](/C=C/[C@H](O)COc2ccc(F)cc2)[C@@H]2C[C@@]1(c1ccccc1)CO2. The van der Waals surface area contributed by atoms with Crippen LogP contribution in [0.15, 0.2) is 78.9 Å². The Hall–Kier alpha value is -2.96. The summed E-state index contributed by atoms with van der Waals surface area (Å²) >= 11 is 0. The van der Waals surface area contributed by atoms with Gasteiger partial charge in [-0.3, -0.25) is 4.79 Å². The fourth-order valence-electron chi connectivity index (χ4n) is 5.45. The lowest BCUT2D eigenvalue weighted by molar-refractivity contribution is -0.137. The number of halogens is 1. The summed E-state index contributed by atoms with van der Waals surface area (Å²) in [7, 11) is 0. The van der Waals surface area contributed by atoms with Crippen LogP contribution in [0.3, 0.4) is 0 Å². The Bertz CT molecular complexity index is 1020. The molecule has 0 amide bonds. The highest BCUT2D eigenvalue weighted by Gasteiger charge is 2.58. The van der Waals surface area contributed by atoms with E-state index < -0.39 is 12.1 Å². The first kappa shape index (κ1) is 25.1. The standard InChI is InChI=1S/C29H33FO5/c30-22-12-15-24(16-13-22)34-19-23(31)14-17-25-26(10-6-1-2-7-11-28(32)33)29(18-27(25)35-20-29)21-8-4-3-5-9-21/h1,3-6,8-9,12-17,23,25-27,31H,2,7,10-11,18-20H2,(H,32,33)/b6-1-,17-14+/t23-,25-,26-,27-,29-/m0/s1. The largest absolute Gasteiger partial charge is 0.491 e. The summed E-state index contributed by atoms with van der Waals surface area (Å²) in [5.41, 5.74) is 1.20. The number of carboxylic acid groups (broad SMARTS) is 1. The van der Waals surface area contributed by atoms with Crippen molar-refractivity contribution in [3.05, 3.63) is 90.3 Å². The van der Waals surface area contributed by atoms with Gasteiger partial charge in [-0.15, -0.1) is 0 Å². The van der Waals surface area contributed by atoms with Crippen LogP contribution >= 0.6 is 0 Å². The van der Waals surface area contributed by atoms with Crippen LogP contribution in [-0.2, 0) is 14.9 Å². The second kappa shape index (κ2) is 11.6. The van der Waals surface area contributed by atoms with E-state index in [1.165, 1.54) is 29.8 Å². The average molecular weight is 481 g/mol. The molecule has 2 aliphatic rings. The topological polar surface area (TPSA) is 76.0 Å². The Morgan fingerprint density at radius 2 is 1.94 bits per heavy atom. The molecule has 1 aliphatic heterocycles. The average Bonchev–Trinajstić information content (AvgIpc) is 3.43. The van der Waals surface area contributed by atoms with E-state index in [4.69, 9.17) is 14.6 Å². The van der Waals surface area contributed by atoms with Crippen molar-refractivity contribution in [2.45, 2.75) is 49.7 Å². The van der Waals surface area contributed by atoms with Gasteiger partial charge in [0.05, 0.1) is 12.7 Å². The number of carbonyl (C=O) groups is 1. The molecule has 186 valence electrons. The summed E-state index contributed by atoms with van der Waals surface area (Å²) < 4.78 is 24.9. The molecule has 1 saturated carbocycles. The van der Waals surface area contributed by atoms with Gasteiger partial charge in [0.15, 0.2) is 0 Å². The summed E-state index contributed by atoms with van der Waals surface area (Å²) in [5, 5.41) is 19.3. The van der Waals surface area contributed by atoms with Gasteiger partial charge in [-0.25, -0.2) is 4.39 Å². The number of aliphatic hydroxyl groups excluding tert-OH is 1. The Kier molecular flexibility index (Phi) is 8.37. The van der Waals surface area contributed by atoms with Crippen LogP contribution in [-0.4, -0.2) is 41.6 Å². The van der Waals surface area contributed by atoms with E-state index in [0.29, 0.717) is 24.7 Å². The first-order valence-corrected chi connectivity index (χ1v) is 12.3. The van der Waals surface area contributed by atoms with Gasteiger partial charge in [0.1, 0.15) is 24.3 Å². The number of hydrogen-bond acceptors (Lipinski definition) is 4. The summed E-state index contributed by atoms with van der Waals surface area (Å²) in [5.74, 6) is -0.132. The summed E-state index contributed by atoms with van der Waals surface area (Å²) in [6.45, 7) is 0.762. The normalized spacial score (nSPS) is 26.5. The molecule has 2 fully saturated rings. The molecule has 5 nitrogen and oxygen atoms in total. The van der Waals surface area contributed by atoms with E-state index in [0.717, 1.165) is 19.3 Å². The van der Waals surface area contributed by atoms with E-state index >= 15 is 0 Å². The quantitative estimate of drug-likeness (QED) is 0.319. The van der Waals surface area contributed by atoms with Gasteiger partial charge >= 0.3 is 5.97 Å². The predicted octanol–water partition coefficient (Wildman–Crippen LogP) is 5.30. The number of rotatable bonds is 12. The van der Waals surface area contributed by atoms with Crippen molar-refractivity contribution < 1.29 is 28.9 Å². The lowest BCUT2D eigenvalue weighted by Gasteiger charge is -2.38. The van der Waals surface area contributed by atoms with Gasteiger partial charge < -0.3 is 19.7 Å². The number of aliphatic hydroxyl groups is 1. The van der Waals surface area contributed by atoms with Crippen LogP contribution in [0.2, 0.25) is 0 Å². The van der Waals surface area contributed by atoms with E-state index in [1.54, 1.807) is 6.08 Å². The van der Waals surface area contributed by atoms with E-state index in [-0.39, 0.29) is 36.3 Å². The molecule has 1 heterocycles. The van der Waals surface area contributed by atoms with Gasteiger partial charge in [-0.2, -0.15) is 0 Å². The molecule has 0 radical (unpaired) electrons. The zero-order valence-corrected chi connectivity index (χ0v) is 19.8. The maximum absolute atomic E-state index is 13.1. The molecular formula is C29H33FO5.